The van der Waals surface area contributed by atoms with Crippen LogP contribution in [0.25, 0.3) is 0 Å². The van der Waals surface area contributed by atoms with E-state index in [1.165, 1.54) is 26.4 Å². The van der Waals surface area contributed by atoms with Crippen LogP contribution >= 0.6 is 23.2 Å². The molecule has 0 aliphatic carbocycles. The molecular formula is C29H30Cl2N2O6. The van der Waals surface area contributed by atoms with E-state index in [1.807, 2.05) is 6.07 Å². The summed E-state index contributed by atoms with van der Waals surface area (Å²) >= 11 is 12.6. The van der Waals surface area contributed by atoms with E-state index in [1.54, 1.807) is 42.5 Å². The first kappa shape index (κ1) is 28.7. The van der Waals surface area contributed by atoms with Crippen molar-refractivity contribution in [1.82, 2.24) is 10.2 Å². The van der Waals surface area contributed by atoms with Crippen LogP contribution in [0, 0.1) is 0 Å². The molecule has 3 aromatic carbocycles. The highest BCUT2D eigenvalue weighted by Crippen LogP contribution is 2.42. The number of nitrogens with zero attached hydrogens (tertiary/aromatic N) is 1. The van der Waals surface area contributed by atoms with Gasteiger partial charge >= 0.3 is 5.97 Å². The molecule has 1 fully saturated rings. The molecule has 0 radical (unpaired) electrons. The Hall–Kier alpha value is -3.30. The van der Waals surface area contributed by atoms with Crippen LogP contribution in [0.3, 0.4) is 0 Å². The quantitative estimate of drug-likeness (QED) is 0.360. The predicted molar refractivity (Wildman–Crippen MR) is 149 cm³/mol. The molecule has 0 bridgehead atoms. The van der Waals surface area contributed by atoms with Gasteiger partial charge in [-0.05, 0) is 35.4 Å². The molecule has 206 valence electrons. The summed E-state index contributed by atoms with van der Waals surface area (Å²) in [5.74, 6) is -1.52. The number of hydrogen-bond acceptors (Lipinski definition) is 6. The van der Waals surface area contributed by atoms with E-state index in [-0.39, 0.29) is 39.1 Å². The van der Waals surface area contributed by atoms with Gasteiger partial charge in [-0.1, -0.05) is 59.6 Å². The van der Waals surface area contributed by atoms with Crippen molar-refractivity contribution >= 4 is 35.1 Å². The first-order chi connectivity index (χ1) is 18.8. The Morgan fingerprint density at radius 1 is 0.949 bits per heavy atom. The number of carboxylic acid groups (broad SMARTS) is 1. The lowest BCUT2D eigenvalue weighted by atomic mass is 9.81. The number of halogens is 2. The van der Waals surface area contributed by atoms with Crippen LogP contribution in [0.15, 0.2) is 60.7 Å². The van der Waals surface area contributed by atoms with Crippen molar-refractivity contribution in [2.75, 3.05) is 40.5 Å². The maximum absolute atomic E-state index is 13.7. The molecule has 0 saturated carbocycles. The van der Waals surface area contributed by atoms with Crippen molar-refractivity contribution in [1.29, 1.82) is 0 Å². The largest absolute Gasteiger partial charge is 0.496 e. The van der Waals surface area contributed by atoms with Gasteiger partial charge in [-0.2, -0.15) is 0 Å². The number of ether oxygens (including phenoxy) is 3. The maximum atomic E-state index is 13.7. The van der Waals surface area contributed by atoms with E-state index in [4.69, 9.17) is 37.4 Å². The molecule has 4 rings (SSSR count). The standard InChI is InChI=1S/C29H30Cl2N2O6/c1-37-23-15-20(18-33-11-13-39-14-12-33)16-24(38-2)26(23)29(28(35)36,17-19-7-4-3-5-8-19)32-27(34)25-21(30)9-6-10-22(25)31/h3-10,15-16H,11-14,17-18H2,1-2H3,(H,32,34)(H,35,36)/t29-/m1/s1. The average molecular weight is 573 g/mol. The number of aliphatic carboxylic acids is 1. The highest BCUT2D eigenvalue weighted by atomic mass is 35.5. The molecule has 3 aromatic rings. The zero-order chi connectivity index (χ0) is 28.0. The highest BCUT2D eigenvalue weighted by molar-refractivity contribution is 6.39. The lowest BCUT2D eigenvalue weighted by molar-refractivity contribution is -0.145. The summed E-state index contributed by atoms with van der Waals surface area (Å²) in [6.07, 6.45) is -0.105. The maximum Gasteiger partial charge on any atom is 0.334 e. The van der Waals surface area contributed by atoms with Crippen LogP contribution in [-0.4, -0.2) is 62.4 Å². The topological polar surface area (TPSA) is 97.3 Å². The number of carbonyl (C=O) groups excluding carboxylic acids is 1. The van der Waals surface area contributed by atoms with Gasteiger partial charge in [0.25, 0.3) is 5.91 Å². The number of benzene rings is 3. The molecular weight excluding hydrogens is 543 g/mol. The van der Waals surface area contributed by atoms with Gasteiger partial charge in [0.2, 0.25) is 0 Å². The van der Waals surface area contributed by atoms with Crippen LogP contribution in [0.1, 0.15) is 27.0 Å². The number of nitrogens with one attached hydrogen (secondary N) is 1. The Kier molecular flexibility index (Phi) is 9.35. The zero-order valence-electron chi connectivity index (χ0n) is 21.7. The molecule has 8 nitrogen and oxygen atoms in total. The molecule has 1 aliphatic heterocycles. The lowest BCUT2D eigenvalue weighted by Gasteiger charge is -2.34. The summed E-state index contributed by atoms with van der Waals surface area (Å²) in [7, 11) is 2.91. The number of rotatable bonds is 10. The van der Waals surface area contributed by atoms with Gasteiger partial charge in [0.15, 0.2) is 5.54 Å². The van der Waals surface area contributed by atoms with E-state index in [0.29, 0.717) is 25.3 Å². The fourth-order valence-corrected chi connectivity index (χ4v) is 5.37. The Labute approximate surface area is 237 Å². The van der Waals surface area contributed by atoms with Gasteiger partial charge in [0.1, 0.15) is 11.5 Å². The minimum Gasteiger partial charge on any atom is -0.496 e. The molecule has 1 aliphatic rings. The van der Waals surface area contributed by atoms with Crippen molar-refractivity contribution in [3.8, 4) is 11.5 Å². The molecule has 10 heteroatoms. The van der Waals surface area contributed by atoms with E-state index in [9.17, 15) is 14.7 Å². The molecule has 0 spiro atoms. The number of amides is 1. The van der Waals surface area contributed by atoms with Gasteiger partial charge in [0, 0.05) is 26.1 Å². The second-order valence-corrected chi connectivity index (χ2v) is 10.0. The Balaban J connectivity index is 1.88. The smallest absolute Gasteiger partial charge is 0.334 e. The van der Waals surface area contributed by atoms with Crippen molar-refractivity contribution < 1.29 is 28.9 Å². The van der Waals surface area contributed by atoms with Crippen LogP contribution < -0.4 is 14.8 Å². The average Bonchev–Trinajstić information content (AvgIpc) is 2.93. The first-order valence-corrected chi connectivity index (χ1v) is 13.1. The van der Waals surface area contributed by atoms with Crippen LogP contribution in [0.4, 0.5) is 0 Å². The molecule has 2 N–H and O–H groups in total. The van der Waals surface area contributed by atoms with E-state index in [0.717, 1.165) is 18.7 Å². The van der Waals surface area contributed by atoms with Crippen molar-refractivity contribution in [2.24, 2.45) is 0 Å². The lowest BCUT2D eigenvalue weighted by Crippen LogP contribution is -2.54. The van der Waals surface area contributed by atoms with Crippen molar-refractivity contribution in [3.05, 3.63) is 93.0 Å². The van der Waals surface area contributed by atoms with Gasteiger partial charge in [-0.3, -0.25) is 9.69 Å². The second-order valence-electron chi connectivity index (χ2n) is 9.19. The number of carbonyl (C=O) groups is 2. The van der Waals surface area contributed by atoms with Crippen LogP contribution in [0.2, 0.25) is 10.0 Å². The number of hydrogen-bond donors (Lipinski definition) is 2. The minimum atomic E-state index is -2.00. The van der Waals surface area contributed by atoms with E-state index in [2.05, 4.69) is 10.2 Å². The highest BCUT2D eigenvalue weighted by Gasteiger charge is 2.47. The fraction of sp³-hybridized carbons (Fsp3) is 0.310. The molecule has 1 amide bonds. The Bertz CT molecular complexity index is 1290. The van der Waals surface area contributed by atoms with E-state index < -0.39 is 17.4 Å². The molecule has 1 atom stereocenters. The van der Waals surface area contributed by atoms with Crippen LogP contribution in [-0.2, 0) is 28.0 Å². The molecule has 1 saturated heterocycles. The summed E-state index contributed by atoms with van der Waals surface area (Å²) < 4.78 is 17.0. The molecule has 1 heterocycles. The fourth-order valence-electron chi connectivity index (χ4n) is 4.80. The van der Waals surface area contributed by atoms with E-state index >= 15 is 0 Å². The summed E-state index contributed by atoms with van der Waals surface area (Å²) in [6.45, 7) is 3.42. The van der Waals surface area contributed by atoms with Gasteiger partial charge in [0.05, 0.1) is 48.6 Å². The third-order valence-electron chi connectivity index (χ3n) is 6.70. The van der Waals surface area contributed by atoms with Crippen molar-refractivity contribution in [2.45, 2.75) is 18.5 Å². The SMILES string of the molecule is COc1cc(CN2CCOCC2)cc(OC)c1[C@@](Cc1ccccc1)(NC(=O)c1c(Cl)cccc1Cl)C(=O)O. The molecule has 0 unspecified atom stereocenters. The van der Waals surface area contributed by atoms with Crippen LogP contribution in [0.5, 0.6) is 11.5 Å². The normalized spacial score (nSPS) is 15.3. The summed E-state index contributed by atoms with van der Waals surface area (Å²) in [4.78, 5) is 29.2. The Morgan fingerprint density at radius 2 is 1.54 bits per heavy atom. The van der Waals surface area contributed by atoms with Gasteiger partial charge in [-0.25, -0.2) is 4.79 Å². The zero-order valence-corrected chi connectivity index (χ0v) is 23.2. The number of methoxy groups -OCH3 is 2. The Morgan fingerprint density at radius 3 is 2.08 bits per heavy atom. The summed E-state index contributed by atoms with van der Waals surface area (Å²) in [6, 6.07) is 17.2. The number of morpholine rings is 1. The third-order valence-corrected chi connectivity index (χ3v) is 7.33. The summed E-state index contributed by atoms with van der Waals surface area (Å²) in [5, 5.41) is 13.8. The van der Waals surface area contributed by atoms with Gasteiger partial charge < -0.3 is 24.6 Å². The molecule has 39 heavy (non-hydrogen) atoms. The monoisotopic (exact) mass is 572 g/mol. The first-order valence-electron chi connectivity index (χ1n) is 12.4. The third kappa shape index (κ3) is 6.31. The summed E-state index contributed by atoms with van der Waals surface area (Å²) in [5.41, 5.74) is -0.317. The van der Waals surface area contributed by atoms with Crippen molar-refractivity contribution in [3.63, 3.8) is 0 Å². The van der Waals surface area contributed by atoms with Gasteiger partial charge in [-0.15, -0.1) is 0 Å². The number of carboxylic acids is 1. The minimum absolute atomic E-state index is 0.0265. The molecule has 0 aromatic heterocycles. The predicted octanol–water partition coefficient (Wildman–Crippen LogP) is 4.80. The second kappa shape index (κ2) is 12.7.